The summed E-state index contributed by atoms with van der Waals surface area (Å²) in [5.74, 6) is -0.300. The third kappa shape index (κ3) is 11.4. The summed E-state index contributed by atoms with van der Waals surface area (Å²) < 4.78 is 4.96. The molecular formula is C14H27NO2. The molecule has 0 fully saturated rings. The highest BCUT2D eigenvalue weighted by atomic mass is 16.5. The van der Waals surface area contributed by atoms with E-state index in [4.69, 9.17) is 4.74 Å². The van der Waals surface area contributed by atoms with Crippen LogP contribution in [0.4, 0.5) is 0 Å². The Kier molecular flexibility index (Phi) is 11.1. The van der Waals surface area contributed by atoms with Crippen molar-refractivity contribution >= 4 is 5.97 Å². The van der Waals surface area contributed by atoms with Gasteiger partial charge in [-0.15, -0.1) is 0 Å². The van der Waals surface area contributed by atoms with Gasteiger partial charge in [0.2, 0.25) is 0 Å². The molecule has 0 aromatic carbocycles. The van der Waals surface area contributed by atoms with Gasteiger partial charge in [0.1, 0.15) is 6.61 Å². The van der Waals surface area contributed by atoms with Crippen molar-refractivity contribution in [1.29, 1.82) is 0 Å². The summed E-state index contributed by atoms with van der Waals surface area (Å²) in [6.07, 6.45) is 7.83. The van der Waals surface area contributed by atoms with E-state index >= 15 is 0 Å². The molecule has 0 aliphatic heterocycles. The van der Waals surface area contributed by atoms with Gasteiger partial charge in [-0.3, -0.25) is 0 Å². The Balaban J connectivity index is 3.08. The van der Waals surface area contributed by atoms with Crippen LogP contribution in [-0.4, -0.2) is 25.7 Å². The molecule has 0 aromatic heterocycles. The molecule has 17 heavy (non-hydrogen) atoms. The highest BCUT2D eigenvalue weighted by Gasteiger charge is 2.01. The molecule has 0 unspecified atom stereocenters. The Hall–Kier alpha value is -0.830. The highest BCUT2D eigenvalue weighted by molar-refractivity contribution is 5.86. The quantitative estimate of drug-likeness (QED) is 0.343. The van der Waals surface area contributed by atoms with Crippen LogP contribution in [0.25, 0.3) is 0 Å². The Morgan fingerprint density at radius 1 is 1.12 bits per heavy atom. The molecule has 0 spiro atoms. The minimum atomic E-state index is -0.300. The van der Waals surface area contributed by atoms with E-state index in [9.17, 15) is 4.79 Å². The zero-order valence-electron chi connectivity index (χ0n) is 11.4. The average Bonchev–Trinajstić information content (AvgIpc) is 2.31. The lowest BCUT2D eigenvalue weighted by atomic mass is 10.1. The molecule has 0 aromatic rings. The van der Waals surface area contributed by atoms with Gasteiger partial charge in [-0.05, 0) is 19.9 Å². The van der Waals surface area contributed by atoms with E-state index in [-0.39, 0.29) is 5.97 Å². The number of carbonyl (C=O) groups is 1. The summed E-state index contributed by atoms with van der Waals surface area (Å²) >= 11 is 0. The molecule has 0 bridgehead atoms. The highest BCUT2D eigenvalue weighted by Crippen LogP contribution is 2.03. The molecule has 0 aliphatic rings. The van der Waals surface area contributed by atoms with Crippen LogP contribution in [-0.2, 0) is 9.53 Å². The predicted octanol–water partition coefficient (Wildman–Crippen LogP) is 3.06. The number of hydrogen-bond acceptors (Lipinski definition) is 3. The van der Waals surface area contributed by atoms with E-state index in [1.165, 1.54) is 38.5 Å². The standard InChI is InChI=1S/C14H27NO2/c1-4-5-6-7-8-9-10-15-11-12-17-14(16)13(2)3/h15H,2,4-12H2,1,3H3. The second kappa shape index (κ2) is 11.6. The normalized spacial score (nSPS) is 10.2. The fraction of sp³-hybridized carbons (Fsp3) is 0.786. The van der Waals surface area contributed by atoms with Crippen molar-refractivity contribution in [2.24, 2.45) is 0 Å². The average molecular weight is 241 g/mol. The molecular weight excluding hydrogens is 214 g/mol. The summed E-state index contributed by atoms with van der Waals surface area (Å²) in [4.78, 5) is 11.0. The molecule has 3 nitrogen and oxygen atoms in total. The molecule has 0 aliphatic carbocycles. The number of carbonyl (C=O) groups excluding carboxylic acids is 1. The maximum Gasteiger partial charge on any atom is 0.333 e. The van der Waals surface area contributed by atoms with E-state index in [2.05, 4.69) is 18.8 Å². The molecule has 0 saturated heterocycles. The van der Waals surface area contributed by atoms with Crippen LogP contribution < -0.4 is 5.32 Å². The summed E-state index contributed by atoms with van der Waals surface area (Å²) in [6.45, 7) is 9.59. The fourth-order valence-corrected chi connectivity index (χ4v) is 1.49. The first-order valence-electron chi connectivity index (χ1n) is 6.71. The SMILES string of the molecule is C=C(C)C(=O)OCCNCCCCCCCC. The second-order valence-electron chi connectivity index (χ2n) is 4.43. The maximum absolute atomic E-state index is 11.0. The van der Waals surface area contributed by atoms with Crippen molar-refractivity contribution in [1.82, 2.24) is 5.32 Å². The van der Waals surface area contributed by atoms with Crippen LogP contribution in [0, 0.1) is 0 Å². The lowest BCUT2D eigenvalue weighted by Gasteiger charge is -2.06. The van der Waals surface area contributed by atoms with Gasteiger partial charge in [0, 0.05) is 12.1 Å². The number of nitrogens with one attached hydrogen (secondary N) is 1. The van der Waals surface area contributed by atoms with Gasteiger partial charge >= 0.3 is 5.97 Å². The van der Waals surface area contributed by atoms with E-state index in [1.54, 1.807) is 6.92 Å². The molecule has 0 rings (SSSR count). The van der Waals surface area contributed by atoms with E-state index in [0.29, 0.717) is 12.2 Å². The van der Waals surface area contributed by atoms with Gasteiger partial charge in [-0.25, -0.2) is 4.79 Å². The van der Waals surface area contributed by atoms with Gasteiger partial charge in [0.15, 0.2) is 0 Å². The minimum absolute atomic E-state index is 0.300. The van der Waals surface area contributed by atoms with E-state index in [0.717, 1.165) is 13.1 Å². The summed E-state index contributed by atoms with van der Waals surface area (Å²) in [7, 11) is 0. The fourth-order valence-electron chi connectivity index (χ4n) is 1.49. The maximum atomic E-state index is 11.0. The lowest BCUT2D eigenvalue weighted by Crippen LogP contribution is -2.22. The van der Waals surface area contributed by atoms with Gasteiger partial charge in [-0.2, -0.15) is 0 Å². The van der Waals surface area contributed by atoms with Crippen molar-refractivity contribution in [2.75, 3.05) is 19.7 Å². The van der Waals surface area contributed by atoms with Crippen molar-refractivity contribution < 1.29 is 9.53 Å². The van der Waals surface area contributed by atoms with E-state index in [1.807, 2.05) is 0 Å². The number of unbranched alkanes of at least 4 members (excludes halogenated alkanes) is 5. The third-order valence-corrected chi connectivity index (χ3v) is 2.57. The largest absolute Gasteiger partial charge is 0.461 e. The smallest absolute Gasteiger partial charge is 0.333 e. The zero-order valence-corrected chi connectivity index (χ0v) is 11.4. The topological polar surface area (TPSA) is 38.3 Å². The van der Waals surface area contributed by atoms with Crippen molar-refractivity contribution in [3.05, 3.63) is 12.2 Å². The number of esters is 1. The van der Waals surface area contributed by atoms with Crippen LogP contribution in [0.15, 0.2) is 12.2 Å². The molecule has 0 saturated carbocycles. The molecule has 3 heteroatoms. The van der Waals surface area contributed by atoms with Gasteiger partial charge in [0.05, 0.1) is 0 Å². The minimum Gasteiger partial charge on any atom is -0.461 e. The Morgan fingerprint density at radius 2 is 1.76 bits per heavy atom. The van der Waals surface area contributed by atoms with Crippen LogP contribution in [0.3, 0.4) is 0 Å². The third-order valence-electron chi connectivity index (χ3n) is 2.57. The number of ether oxygens (including phenoxy) is 1. The van der Waals surface area contributed by atoms with Crippen LogP contribution in [0.5, 0.6) is 0 Å². The molecule has 1 N–H and O–H groups in total. The molecule has 0 heterocycles. The number of rotatable bonds is 11. The second-order valence-corrected chi connectivity index (χ2v) is 4.43. The van der Waals surface area contributed by atoms with Gasteiger partial charge in [0.25, 0.3) is 0 Å². The van der Waals surface area contributed by atoms with Crippen molar-refractivity contribution in [3.63, 3.8) is 0 Å². The Morgan fingerprint density at radius 3 is 2.41 bits per heavy atom. The van der Waals surface area contributed by atoms with Crippen LogP contribution in [0.2, 0.25) is 0 Å². The van der Waals surface area contributed by atoms with Gasteiger partial charge in [-0.1, -0.05) is 45.6 Å². The van der Waals surface area contributed by atoms with Crippen molar-refractivity contribution in [2.45, 2.75) is 52.4 Å². The molecule has 100 valence electrons. The molecule has 0 atom stereocenters. The molecule has 0 radical (unpaired) electrons. The van der Waals surface area contributed by atoms with Crippen LogP contribution >= 0.6 is 0 Å². The number of hydrogen-bond donors (Lipinski definition) is 1. The first-order valence-corrected chi connectivity index (χ1v) is 6.71. The predicted molar refractivity (Wildman–Crippen MR) is 72.0 cm³/mol. The summed E-state index contributed by atoms with van der Waals surface area (Å²) in [6, 6.07) is 0. The van der Waals surface area contributed by atoms with Crippen molar-refractivity contribution in [3.8, 4) is 0 Å². The first-order chi connectivity index (χ1) is 8.18. The first kappa shape index (κ1) is 16.2. The van der Waals surface area contributed by atoms with Gasteiger partial charge < -0.3 is 10.1 Å². The lowest BCUT2D eigenvalue weighted by molar-refractivity contribution is -0.138. The summed E-state index contributed by atoms with van der Waals surface area (Å²) in [5, 5.41) is 3.26. The zero-order chi connectivity index (χ0) is 12.9. The monoisotopic (exact) mass is 241 g/mol. The Labute approximate surface area is 106 Å². The molecule has 0 amide bonds. The van der Waals surface area contributed by atoms with Crippen LogP contribution in [0.1, 0.15) is 52.4 Å². The van der Waals surface area contributed by atoms with E-state index < -0.39 is 0 Å². The Bertz CT molecular complexity index is 214. The summed E-state index contributed by atoms with van der Waals surface area (Å²) in [5.41, 5.74) is 0.459.